The molecule has 0 atom stereocenters. The van der Waals surface area contributed by atoms with Crippen LogP contribution >= 0.6 is 24.0 Å². The van der Waals surface area contributed by atoms with E-state index in [-0.39, 0.29) is 24.0 Å². The zero-order valence-corrected chi connectivity index (χ0v) is 17.8. The number of hydrogen-bond acceptors (Lipinski definition) is 3. The summed E-state index contributed by atoms with van der Waals surface area (Å²) in [6, 6.07) is 10.0. The summed E-state index contributed by atoms with van der Waals surface area (Å²) in [5.74, 6) is 0.726. The third-order valence-electron chi connectivity index (χ3n) is 4.55. The molecule has 136 valence electrons. The van der Waals surface area contributed by atoms with Crippen molar-refractivity contribution in [3.8, 4) is 0 Å². The first-order chi connectivity index (χ1) is 10.8. The van der Waals surface area contributed by atoms with E-state index in [2.05, 4.69) is 10.3 Å². The molecule has 24 heavy (non-hydrogen) atoms. The SMILES string of the molecule is CN(C)C(=NCc1ccccc1)NCC1(S(C)(=O)=O)CCCC1.I. The molecular weight excluding hydrogens is 437 g/mol. The molecule has 0 aliphatic heterocycles. The Bertz CT molecular complexity index is 639. The second kappa shape index (κ2) is 9.03. The predicted molar refractivity (Wildman–Crippen MR) is 111 cm³/mol. The fraction of sp³-hybridized carbons (Fsp3) is 0.588. The third-order valence-corrected chi connectivity index (χ3v) is 6.67. The number of halogens is 1. The topological polar surface area (TPSA) is 61.8 Å². The molecule has 0 amide bonds. The van der Waals surface area contributed by atoms with Crippen molar-refractivity contribution in [2.24, 2.45) is 4.99 Å². The maximum Gasteiger partial charge on any atom is 0.193 e. The van der Waals surface area contributed by atoms with Crippen molar-refractivity contribution in [3.05, 3.63) is 35.9 Å². The van der Waals surface area contributed by atoms with Crippen molar-refractivity contribution < 1.29 is 8.42 Å². The van der Waals surface area contributed by atoms with Crippen molar-refractivity contribution >= 4 is 39.8 Å². The van der Waals surface area contributed by atoms with Crippen LogP contribution in [0.3, 0.4) is 0 Å². The van der Waals surface area contributed by atoms with Crippen molar-refractivity contribution in [2.75, 3.05) is 26.9 Å². The van der Waals surface area contributed by atoms with E-state index in [1.807, 2.05) is 49.3 Å². The van der Waals surface area contributed by atoms with Crippen molar-refractivity contribution in [1.82, 2.24) is 10.2 Å². The molecule has 0 unspecified atom stereocenters. The van der Waals surface area contributed by atoms with E-state index >= 15 is 0 Å². The molecule has 5 nitrogen and oxygen atoms in total. The van der Waals surface area contributed by atoms with Gasteiger partial charge in [0, 0.05) is 26.9 Å². The van der Waals surface area contributed by atoms with Crippen LogP contribution < -0.4 is 5.32 Å². The summed E-state index contributed by atoms with van der Waals surface area (Å²) in [5, 5.41) is 3.28. The molecule has 2 rings (SSSR count). The number of guanidine groups is 1. The van der Waals surface area contributed by atoms with E-state index in [1.165, 1.54) is 6.26 Å². The van der Waals surface area contributed by atoms with Crippen LogP contribution in [0.2, 0.25) is 0 Å². The summed E-state index contributed by atoms with van der Waals surface area (Å²) >= 11 is 0. The largest absolute Gasteiger partial charge is 0.355 e. The van der Waals surface area contributed by atoms with Gasteiger partial charge in [0.1, 0.15) is 0 Å². The summed E-state index contributed by atoms with van der Waals surface area (Å²) in [5.41, 5.74) is 1.13. The van der Waals surface area contributed by atoms with Gasteiger partial charge in [0.25, 0.3) is 0 Å². The Kier molecular flexibility index (Phi) is 7.98. The lowest BCUT2D eigenvalue weighted by atomic mass is 10.1. The number of hydrogen-bond donors (Lipinski definition) is 1. The predicted octanol–water partition coefficient (Wildman–Crippen LogP) is 2.67. The highest BCUT2D eigenvalue weighted by molar-refractivity contribution is 14.0. The first-order valence-electron chi connectivity index (χ1n) is 8.03. The molecule has 0 bridgehead atoms. The number of aliphatic imine (C=N–C) groups is 1. The molecule has 1 fully saturated rings. The van der Waals surface area contributed by atoms with Gasteiger partial charge < -0.3 is 10.2 Å². The van der Waals surface area contributed by atoms with Gasteiger partial charge >= 0.3 is 0 Å². The van der Waals surface area contributed by atoms with Gasteiger partial charge in [-0.1, -0.05) is 43.2 Å². The maximum atomic E-state index is 12.2. The average molecular weight is 465 g/mol. The summed E-state index contributed by atoms with van der Waals surface area (Å²) in [4.78, 5) is 6.50. The first-order valence-corrected chi connectivity index (χ1v) is 9.92. The van der Waals surface area contributed by atoms with E-state index in [0.29, 0.717) is 13.1 Å². The molecule has 1 aromatic carbocycles. The Balaban J connectivity index is 0.00000288. The van der Waals surface area contributed by atoms with Crippen LogP contribution in [0.15, 0.2) is 35.3 Å². The van der Waals surface area contributed by atoms with Crippen molar-refractivity contribution in [3.63, 3.8) is 0 Å². The molecule has 7 heteroatoms. The van der Waals surface area contributed by atoms with Crippen LogP contribution in [0.25, 0.3) is 0 Å². The van der Waals surface area contributed by atoms with Crippen LogP contribution in [0.4, 0.5) is 0 Å². The number of nitrogens with zero attached hydrogens (tertiary/aromatic N) is 2. The highest BCUT2D eigenvalue weighted by Crippen LogP contribution is 2.35. The summed E-state index contributed by atoms with van der Waals surface area (Å²) in [6.45, 7) is 1.00. The Morgan fingerprint density at radius 3 is 2.29 bits per heavy atom. The number of benzene rings is 1. The highest BCUT2D eigenvalue weighted by Gasteiger charge is 2.43. The van der Waals surface area contributed by atoms with Gasteiger partial charge in [0.2, 0.25) is 0 Å². The van der Waals surface area contributed by atoms with Gasteiger partial charge in [0.05, 0.1) is 11.3 Å². The lowest BCUT2D eigenvalue weighted by Gasteiger charge is -2.29. The molecule has 1 saturated carbocycles. The molecule has 1 aliphatic carbocycles. The van der Waals surface area contributed by atoms with Gasteiger partial charge in [-0.05, 0) is 18.4 Å². The average Bonchev–Trinajstić information content (AvgIpc) is 2.98. The highest BCUT2D eigenvalue weighted by atomic mass is 127. The molecule has 0 radical (unpaired) electrons. The third kappa shape index (κ3) is 5.34. The minimum atomic E-state index is -3.09. The molecular formula is C17H28IN3O2S. The van der Waals surface area contributed by atoms with Crippen molar-refractivity contribution in [1.29, 1.82) is 0 Å². The Morgan fingerprint density at radius 2 is 1.79 bits per heavy atom. The first kappa shape index (κ1) is 21.2. The lowest BCUT2D eigenvalue weighted by molar-refractivity contribution is 0.492. The molecule has 1 aromatic rings. The molecule has 1 N–H and O–H groups in total. The molecule has 1 aliphatic rings. The van der Waals surface area contributed by atoms with Gasteiger partial charge in [0.15, 0.2) is 15.8 Å². The summed E-state index contributed by atoms with van der Waals surface area (Å²) in [7, 11) is 0.742. The number of nitrogens with one attached hydrogen (secondary N) is 1. The zero-order chi connectivity index (χ0) is 16.9. The normalized spacial score (nSPS) is 17.2. The Labute approximate surface area is 162 Å². The number of rotatable bonds is 5. The standard InChI is InChI=1S/C17H27N3O2S.HI/c1-20(2)16(18-13-15-9-5-4-6-10-15)19-14-17(23(3,21)22)11-7-8-12-17;/h4-6,9-10H,7-8,11-14H2,1-3H3,(H,18,19);1H. The zero-order valence-electron chi connectivity index (χ0n) is 14.7. The van der Waals surface area contributed by atoms with Crippen LogP contribution in [0, 0.1) is 0 Å². The minimum Gasteiger partial charge on any atom is -0.355 e. The second-order valence-electron chi connectivity index (χ2n) is 6.54. The van der Waals surface area contributed by atoms with E-state index in [0.717, 1.165) is 37.2 Å². The summed E-state index contributed by atoms with van der Waals surface area (Å²) in [6.07, 6.45) is 4.79. The molecule has 0 saturated heterocycles. The van der Waals surface area contributed by atoms with Gasteiger partial charge in [-0.15, -0.1) is 24.0 Å². The summed E-state index contributed by atoms with van der Waals surface area (Å²) < 4.78 is 23.8. The number of sulfone groups is 1. The van der Waals surface area contributed by atoms with E-state index in [4.69, 9.17) is 0 Å². The fourth-order valence-corrected chi connectivity index (χ4v) is 4.41. The van der Waals surface area contributed by atoms with E-state index < -0.39 is 14.6 Å². The maximum absolute atomic E-state index is 12.2. The van der Waals surface area contributed by atoms with E-state index in [9.17, 15) is 8.42 Å². The quantitative estimate of drug-likeness (QED) is 0.413. The molecule has 0 aromatic heterocycles. The monoisotopic (exact) mass is 465 g/mol. The van der Waals surface area contributed by atoms with Gasteiger partial charge in [-0.25, -0.2) is 13.4 Å². The molecule has 0 heterocycles. The lowest BCUT2D eigenvalue weighted by Crippen LogP contribution is -2.49. The molecule has 0 spiro atoms. The van der Waals surface area contributed by atoms with Gasteiger partial charge in [-0.3, -0.25) is 0 Å². The Morgan fingerprint density at radius 1 is 1.21 bits per heavy atom. The van der Waals surface area contributed by atoms with Gasteiger partial charge in [-0.2, -0.15) is 0 Å². The van der Waals surface area contributed by atoms with Crippen LogP contribution in [0.1, 0.15) is 31.2 Å². The van der Waals surface area contributed by atoms with E-state index in [1.54, 1.807) is 0 Å². The van der Waals surface area contributed by atoms with Crippen LogP contribution in [-0.2, 0) is 16.4 Å². The van der Waals surface area contributed by atoms with Crippen LogP contribution in [0.5, 0.6) is 0 Å². The second-order valence-corrected chi connectivity index (χ2v) is 8.95. The van der Waals surface area contributed by atoms with Crippen molar-refractivity contribution in [2.45, 2.75) is 37.0 Å². The van der Waals surface area contributed by atoms with Crippen LogP contribution in [-0.4, -0.2) is 50.9 Å². The minimum absolute atomic E-state index is 0. The smallest absolute Gasteiger partial charge is 0.193 e. The Hall–Kier alpha value is -0.830. The fourth-order valence-electron chi connectivity index (χ4n) is 3.04.